The molecule has 0 aliphatic heterocycles. The number of anilines is 1. The summed E-state index contributed by atoms with van der Waals surface area (Å²) in [4.78, 5) is -0.220. The van der Waals surface area contributed by atoms with Crippen molar-refractivity contribution in [2.24, 2.45) is 0 Å². The number of hydrogen-bond donors (Lipinski definition) is 2. The summed E-state index contributed by atoms with van der Waals surface area (Å²) in [5.74, 6) is 0. The highest BCUT2D eigenvalue weighted by molar-refractivity contribution is 7.86. The number of hydrogen-bond acceptors (Lipinski definition) is 3. The average Bonchev–Trinajstić information content (AvgIpc) is 2.02. The maximum Gasteiger partial charge on any atom is 0.295 e. The molecule has 0 amide bonds. The van der Waals surface area contributed by atoms with Gasteiger partial charge in [-0.25, -0.2) is 0 Å². The molecule has 3 N–H and O–H groups in total. The monoisotopic (exact) mass is 199 g/mol. The van der Waals surface area contributed by atoms with Gasteiger partial charge in [0.2, 0.25) is 0 Å². The van der Waals surface area contributed by atoms with E-state index in [4.69, 9.17) is 10.3 Å². The fourth-order valence-electron chi connectivity index (χ4n) is 1.00. The van der Waals surface area contributed by atoms with Crippen LogP contribution in [0.1, 0.15) is 5.56 Å². The summed E-state index contributed by atoms with van der Waals surface area (Å²) in [6.07, 6.45) is 1.29. The largest absolute Gasteiger partial charge is 0.398 e. The van der Waals surface area contributed by atoms with E-state index in [1.54, 1.807) is 0 Å². The van der Waals surface area contributed by atoms with Gasteiger partial charge in [-0.2, -0.15) is 8.42 Å². The van der Waals surface area contributed by atoms with Crippen LogP contribution in [0.4, 0.5) is 5.69 Å². The van der Waals surface area contributed by atoms with E-state index in [0.29, 0.717) is 0 Å². The Balaban J connectivity index is 3.56. The summed E-state index contributed by atoms with van der Waals surface area (Å²) >= 11 is 0. The van der Waals surface area contributed by atoms with Gasteiger partial charge in [0.25, 0.3) is 10.1 Å². The molecule has 1 aromatic rings. The third-order valence-electron chi connectivity index (χ3n) is 1.58. The van der Waals surface area contributed by atoms with Crippen LogP contribution in [0.25, 0.3) is 6.08 Å². The molecule has 0 aromatic heterocycles. The third kappa shape index (κ3) is 1.88. The lowest BCUT2D eigenvalue weighted by Crippen LogP contribution is -2.03. The zero-order chi connectivity index (χ0) is 10.1. The molecular formula is C8H9NO3S. The average molecular weight is 199 g/mol. The molecule has 70 valence electrons. The molecule has 0 atom stereocenters. The van der Waals surface area contributed by atoms with E-state index in [9.17, 15) is 8.42 Å². The van der Waals surface area contributed by atoms with Crippen molar-refractivity contribution in [1.29, 1.82) is 0 Å². The van der Waals surface area contributed by atoms with Gasteiger partial charge in [-0.1, -0.05) is 18.7 Å². The lowest BCUT2D eigenvalue weighted by atomic mass is 10.2. The summed E-state index contributed by atoms with van der Waals surface area (Å²) in [6, 6.07) is 4.25. The Morgan fingerprint density at radius 1 is 1.46 bits per heavy atom. The SMILES string of the molecule is C=Cc1c(N)cccc1S(=O)(=O)O. The summed E-state index contributed by atoms with van der Waals surface area (Å²) in [5.41, 5.74) is 5.98. The van der Waals surface area contributed by atoms with E-state index < -0.39 is 10.1 Å². The highest BCUT2D eigenvalue weighted by atomic mass is 32.2. The van der Waals surface area contributed by atoms with Gasteiger partial charge in [-0.15, -0.1) is 0 Å². The standard InChI is InChI=1S/C8H9NO3S/c1-2-6-7(9)4-3-5-8(6)13(10,11)12/h2-5H,1,9H2,(H,10,11,12). The molecule has 0 heterocycles. The molecule has 0 unspecified atom stereocenters. The van der Waals surface area contributed by atoms with Gasteiger partial charge in [0, 0.05) is 11.3 Å². The lowest BCUT2D eigenvalue weighted by molar-refractivity contribution is 0.483. The van der Waals surface area contributed by atoms with Crippen molar-refractivity contribution in [1.82, 2.24) is 0 Å². The van der Waals surface area contributed by atoms with E-state index in [1.165, 1.54) is 24.3 Å². The Kier molecular flexibility index (Phi) is 2.40. The molecule has 0 saturated carbocycles. The molecule has 0 fully saturated rings. The van der Waals surface area contributed by atoms with Crippen LogP contribution in [-0.2, 0) is 10.1 Å². The van der Waals surface area contributed by atoms with Crippen LogP contribution in [0.3, 0.4) is 0 Å². The molecule has 1 aromatic carbocycles. The Hall–Kier alpha value is -1.33. The van der Waals surface area contributed by atoms with Gasteiger partial charge in [-0.05, 0) is 12.1 Å². The minimum Gasteiger partial charge on any atom is -0.398 e. The van der Waals surface area contributed by atoms with E-state index >= 15 is 0 Å². The van der Waals surface area contributed by atoms with Gasteiger partial charge in [0.05, 0.1) is 0 Å². The minimum absolute atomic E-state index is 0.220. The smallest absolute Gasteiger partial charge is 0.295 e. The van der Waals surface area contributed by atoms with Crippen molar-refractivity contribution < 1.29 is 13.0 Å². The summed E-state index contributed by atoms with van der Waals surface area (Å²) in [7, 11) is -4.22. The van der Waals surface area contributed by atoms with Crippen molar-refractivity contribution in [2.75, 3.05) is 5.73 Å². The molecular weight excluding hydrogens is 190 g/mol. The fraction of sp³-hybridized carbons (Fsp3) is 0. The van der Waals surface area contributed by atoms with E-state index in [2.05, 4.69) is 6.58 Å². The van der Waals surface area contributed by atoms with Crippen LogP contribution < -0.4 is 5.73 Å². The molecule has 0 saturated heterocycles. The first kappa shape index (κ1) is 9.76. The third-order valence-corrected chi connectivity index (χ3v) is 2.49. The second-order valence-corrected chi connectivity index (χ2v) is 3.83. The van der Waals surface area contributed by atoms with E-state index in [-0.39, 0.29) is 16.1 Å². The highest BCUT2D eigenvalue weighted by Gasteiger charge is 2.14. The molecule has 0 bridgehead atoms. The zero-order valence-electron chi connectivity index (χ0n) is 6.77. The Bertz CT molecular complexity index is 437. The number of rotatable bonds is 2. The van der Waals surface area contributed by atoms with Crippen molar-refractivity contribution in [2.45, 2.75) is 4.90 Å². The summed E-state index contributed by atoms with van der Waals surface area (Å²) in [5, 5.41) is 0. The van der Waals surface area contributed by atoms with E-state index in [1.807, 2.05) is 0 Å². The van der Waals surface area contributed by atoms with Crippen molar-refractivity contribution >= 4 is 21.9 Å². The van der Waals surface area contributed by atoms with Crippen LogP contribution in [-0.4, -0.2) is 13.0 Å². The Morgan fingerprint density at radius 2 is 2.08 bits per heavy atom. The normalized spacial score (nSPS) is 11.2. The van der Waals surface area contributed by atoms with Crippen molar-refractivity contribution in [3.05, 3.63) is 30.3 Å². The molecule has 0 aliphatic carbocycles. The predicted molar refractivity (Wildman–Crippen MR) is 50.8 cm³/mol. The fourth-order valence-corrected chi connectivity index (χ4v) is 1.73. The molecule has 13 heavy (non-hydrogen) atoms. The van der Waals surface area contributed by atoms with Crippen LogP contribution in [0.2, 0.25) is 0 Å². The lowest BCUT2D eigenvalue weighted by Gasteiger charge is -2.04. The van der Waals surface area contributed by atoms with Crippen LogP contribution in [0.5, 0.6) is 0 Å². The summed E-state index contributed by atoms with van der Waals surface area (Å²) < 4.78 is 30.4. The van der Waals surface area contributed by atoms with Gasteiger partial charge in [0.1, 0.15) is 4.90 Å². The van der Waals surface area contributed by atoms with Crippen LogP contribution in [0, 0.1) is 0 Å². The maximum absolute atomic E-state index is 10.8. The maximum atomic E-state index is 10.8. The van der Waals surface area contributed by atoms with Gasteiger partial charge >= 0.3 is 0 Å². The molecule has 4 nitrogen and oxygen atoms in total. The molecule has 1 rings (SSSR count). The minimum atomic E-state index is -4.22. The molecule has 0 aliphatic rings. The number of benzene rings is 1. The zero-order valence-corrected chi connectivity index (χ0v) is 7.58. The summed E-state index contributed by atoms with van der Waals surface area (Å²) in [6.45, 7) is 3.41. The topological polar surface area (TPSA) is 80.4 Å². The Morgan fingerprint density at radius 3 is 2.46 bits per heavy atom. The van der Waals surface area contributed by atoms with Gasteiger partial charge < -0.3 is 5.73 Å². The number of nitrogens with two attached hydrogens (primary N) is 1. The molecule has 0 radical (unpaired) electrons. The van der Waals surface area contributed by atoms with Gasteiger partial charge in [-0.3, -0.25) is 4.55 Å². The van der Waals surface area contributed by atoms with Crippen molar-refractivity contribution in [3.8, 4) is 0 Å². The highest BCUT2D eigenvalue weighted by Crippen LogP contribution is 2.22. The van der Waals surface area contributed by atoms with Gasteiger partial charge in [0.15, 0.2) is 0 Å². The first-order valence-electron chi connectivity index (χ1n) is 3.45. The molecule has 0 spiro atoms. The quantitative estimate of drug-likeness (QED) is 0.553. The van der Waals surface area contributed by atoms with Crippen molar-refractivity contribution in [3.63, 3.8) is 0 Å². The van der Waals surface area contributed by atoms with E-state index in [0.717, 1.165) is 0 Å². The number of nitrogen functional groups attached to an aromatic ring is 1. The first-order chi connectivity index (χ1) is 5.96. The predicted octanol–water partition coefficient (Wildman–Crippen LogP) is 1.16. The second kappa shape index (κ2) is 3.20. The van der Waals surface area contributed by atoms with Crippen LogP contribution >= 0.6 is 0 Å². The van der Waals surface area contributed by atoms with Crippen LogP contribution in [0.15, 0.2) is 29.7 Å². The molecule has 5 heteroatoms. The Labute approximate surface area is 76.4 Å². The first-order valence-corrected chi connectivity index (χ1v) is 4.89. The second-order valence-electron chi connectivity index (χ2n) is 2.44.